The average molecular weight is 483 g/mol. The first-order valence-corrected chi connectivity index (χ1v) is 15.6. The molecule has 0 fully saturated rings. The molecule has 0 aliphatic carbocycles. The first-order chi connectivity index (χ1) is 17.4. The van der Waals surface area contributed by atoms with Gasteiger partial charge in [0.25, 0.3) is 0 Å². The lowest BCUT2D eigenvalue weighted by atomic mass is 10.1. The molecule has 35 heavy (non-hydrogen) atoms. The smallest absolute Gasteiger partial charge is 0.127 e. The zero-order valence-corrected chi connectivity index (χ0v) is 23.6. The Balaban J connectivity index is 1.61. The highest BCUT2D eigenvalue weighted by atomic mass is 15.4. The van der Waals surface area contributed by atoms with Crippen LogP contribution in [0.4, 0.5) is 0 Å². The molecule has 1 aromatic carbocycles. The fourth-order valence-corrected chi connectivity index (χ4v) is 5.49. The fraction of sp³-hybridized carbons (Fsp3) is 0.758. The van der Waals surface area contributed by atoms with Crippen molar-refractivity contribution in [2.75, 3.05) is 13.1 Å². The van der Waals surface area contributed by atoms with Crippen molar-refractivity contribution in [2.24, 2.45) is 0 Å². The Morgan fingerprint density at radius 3 is 1.17 bits per heavy atom. The van der Waals surface area contributed by atoms with Crippen LogP contribution in [0.3, 0.4) is 0 Å². The van der Waals surface area contributed by atoms with E-state index in [1.54, 1.807) is 0 Å². The van der Waals surface area contributed by atoms with Gasteiger partial charge >= 0.3 is 0 Å². The molecule has 0 bridgehead atoms. The van der Waals surface area contributed by atoms with E-state index < -0.39 is 0 Å². The predicted molar refractivity (Wildman–Crippen MR) is 155 cm³/mol. The number of nitrogens with zero attached hydrogens (tertiary/aromatic N) is 2. The molecule has 2 nitrogen and oxygen atoms in total. The van der Waals surface area contributed by atoms with E-state index in [2.05, 4.69) is 66.4 Å². The van der Waals surface area contributed by atoms with Crippen LogP contribution >= 0.6 is 0 Å². The molecule has 1 aromatic rings. The van der Waals surface area contributed by atoms with Crippen molar-refractivity contribution in [1.82, 2.24) is 9.80 Å². The molecule has 0 amide bonds. The maximum Gasteiger partial charge on any atom is 0.127 e. The highest BCUT2D eigenvalue weighted by Gasteiger charge is 2.26. The van der Waals surface area contributed by atoms with Gasteiger partial charge in [0.1, 0.15) is 6.17 Å². The number of hydrogen-bond donors (Lipinski definition) is 0. The SMILES string of the molecule is CCCCCCCCCCCCCN1C=CN(CCCCCCCCCCC)C1c1ccccc1. The van der Waals surface area contributed by atoms with Gasteiger partial charge in [-0.05, 0) is 18.4 Å². The molecular weight excluding hydrogens is 424 g/mol. The Morgan fingerprint density at radius 1 is 0.457 bits per heavy atom. The van der Waals surface area contributed by atoms with Crippen LogP contribution in [0.1, 0.15) is 154 Å². The normalized spacial score (nSPS) is 15.4. The largest absolute Gasteiger partial charge is 0.352 e. The van der Waals surface area contributed by atoms with Gasteiger partial charge in [-0.2, -0.15) is 0 Å². The van der Waals surface area contributed by atoms with Crippen molar-refractivity contribution in [3.63, 3.8) is 0 Å². The van der Waals surface area contributed by atoms with Crippen molar-refractivity contribution < 1.29 is 0 Å². The summed E-state index contributed by atoms with van der Waals surface area (Å²) in [5.41, 5.74) is 1.44. The third kappa shape index (κ3) is 13.4. The highest BCUT2D eigenvalue weighted by molar-refractivity contribution is 5.21. The molecular formula is C33H58N2. The summed E-state index contributed by atoms with van der Waals surface area (Å²) in [6.07, 6.45) is 33.2. The van der Waals surface area contributed by atoms with E-state index in [0.717, 1.165) is 0 Å². The first-order valence-electron chi connectivity index (χ1n) is 15.6. The fourth-order valence-electron chi connectivity index (χ4n) is 5.49. The lowest BCUT2D eigenvalue weighted by Crippen LogP contribution is -2.32. The maximum atomic E-state index is 2.59. The zero-order valence-electron chi connectivity index (χ0n) is 23.6. The number of rotatable bonds is 23. The summed E-state index contributed by atoms with van der Waals surface area (Å²) in [6.45, 7) is 6.96. The minimum absolute atomic E-state index is 0.397. The summed E-state index contributed by atoms with van der Waals surface area (Å²) in [6, 6.07) is 11.2. The van der Waals surface area contributed by atoms with Gasteiger partial charge < -0.3 is 9.80 Å². The second-order valence-electron chi connectivity index (χ2n) is 10.9. The second kappa shape index (κ2) is 20.7. The lowest BCUT2D eigenvalue weighted by Gasteiger charge is -2.33. The van der Waals surface area contributed by atoms with Crippen molar-refractivity contribution in [3.05, 3.63) is 48.3 Å². The molecule has 2 heteroatoms. The summed E-state index contributed by atoms with van der Waals surface area (Å²) in [5.74, 6) is 0. The summed E-state index contributed by atoms with van der Waals surface area (Å²) in [4.78, 5) is 5.19. The van der Waals surface area contributed by atoms with Crippen LogP contribution in [0.5, 0.6) is 0 Å². The molecule has 1 atom stereocenters. The van der Waals surface area contributed by atoms with E-state index in [4.69, 9.17) is 0 Å². The van der Waals surface area contributed by atoms with Gasteiger partial charge in [-0.15, -0.1) is 0 Å². The molecule has 0 saturated heterocycles. The summed E-state index contributed by atoms with van der Waals surface area (Å²) >= 11 is 0. The first kappa shape index (κ1) is 29.8. The summed E-state index contributed by atoms with van der Waals surface area (Å²) in [7, 11) is 0. The maximum absolute atomic E-state index is 2.59. The van der Waals surface area contributed by atoms with Crippen molar-refractivity contribution in [3.8, 4) is 0 Å². The summed E-state index contributed by atoms with van der Waals surface area (Å²) in [5, 5.41) is 0. The molecule has 0 aromatic heterocycles. The van der Waals surface area contributed by atoms with E-state index in [-0.39, 0.29) is 0 Å². The predicted octanol–water partition coefficient (Wildman–Crippen LogP) is 10.6. The van der Waals surface area contributed by atoms with Gasteiger partial charge in [0.05, 0.1) is 0 Å². The van der Waals surface area contributed by atoms with Gasteiger partial charge in [-0.3, -0.25) is 0 Å². The Labute approximate surface area is 219 Å². The number of benzene rings is 1. The summed E-state index contributed by atoms with van der Waals surface area (Å²) < 4.78 is 0. The number of hydrogen-bond acceptors (Lipinski definition) is 2. The highest BCUT2D eigenvalue weighted by Crippen LogP contribution is 2.31. The van der Waals surface area contributed by atoms with Crippen LogP contribution < -0.4 is 0 Å². The molecule has 0 N–H and O–H groups in total. The van der Waals surface area contributed by atoms with Crippen LogP contribution in [-0.2, 0) is 0 Å². The Kier molecular flexibility index (Phi) is 17.6. The van der Waals surface area contributed by atoms with Gasteiger partial charge in [0, 0.05) is 25.5 Å². The topological polar surface area (TPSA) is 6.48 Å². The van der Waals surface area contributed by atoms with Crippen LogP contribution in [0, 0.1) is 0 Å². The molecule has 1 aliphatic heterocycles. The average Bonchev–Trinajstić information content (AvgIpc) is 3.29. The van der Waals surface area contributed by atoms with Gasteiger partial charge in [-0.25, -0.2) is 0 Å². The quantitative estimate of drug-likeness (QED) is 0.143. The van der Waals surface area contributed by atoms with Crippen LogP contribution in [0.25, 0.3) is 0 Å². The van der Waals surface area contributed by atoms with E-state index in [1.165, 1.54) is 147 Å². The van der Waals surface area contributed by atoms with Gasteiger partial charge in [-0.1, -0.05) is 160 Å². The zero-order chi connectivity index (χ0) is 24.8. The van der Waals surface area contributed by atoms with E-state index >= 15 is 0 Å². The van der Waals surface area contributed by atoms with Gasteiger partial charge in [0.15, 0.2) is 0 Å². The molecule has 2 rings (SSSR count). The molecule has 0 saturated carbocycles. The molecule has 1 aliphatic rings. The van der Waals surface area contributed by atoms with Crippen molar-refractivity contribution in [2.45, 2.75) is 148 Å². The molecule has 0 radical (unpaired) electrons. The van der Waals surface area contributed by atoms with E-state index in [9.17, 15) is 0 Å². The minimum atomic E-state index is 0.397. The van der Waals surface area contributed by atoms with Gasteiger partial charge in [0.2, 0.25) is 0 Å². The van der Waals surface area contributed by atoms with Crippen molar-refractivity contribution >= 4 is 0 Å². The molecule has 1 heterocycles. The van der Waals surface area contributed by atoms with E-state index in [0.29, 0.717) is 6.17 Å². The van der Waals surface area contributed by atoms with Crippen molar-refractivity contribution in [1.29, 1.82) is 0 Å². The standard InChI is InChI=1S/C33H58N2/c1-3-5-7-9-11-13-14-16-18-20-25-29-35-31-30-34(33(35)32-26-22-21-23-27-32)28-24-19-17-15-12-10-8-6-4-2/h21-23,26-27,30-31,33H,3-20,24-25,28-29H2,1-2H3. The monoisotopic (exact) mass is 482 g/mol. The molecule has 200 valence electrons. The second-order valence-corrected chi connectivity index (χ2v) is 10.9. The van der Waals surface area contributed by atoms with Crippen LogP contribution in [0.2, 0.25) is 0 Å². The Bertz CT molecular complexity index is 611. The molecule has 1 unspecified atom stereocenters. The van der Waals surface area contributed by atoms with Crippen LogP contribution in [-0.4, -0.2) is 22.9 Å². The third-order valence-corrected chi connectivity index (χ3v) is 7.72. The Hall–Kier alpha value is -1.44. The molecule has 0 spiro atoms. The Morgan fingerprint density at radius 2 is 0.800 bits per heavy atom. The lowest BCUT2D eigenvalue weighted by molar-refractivity contribution is 0.149. The minimum Gasteiger partial charge on any atom is -0.352 e. The third-order valence-electron chi connectivity index (χ3n) is 7.72. The van der Waals surface area contributed by atoms with E-state index in [1.807, 2.05) is 0 Å². The van der Waals surface area contributed by atoms with Crippen LogP contribution in [0.15, 0.2) is 42.7 Å². The number of unbranched alkanes of at least 4 members (excludes halogenated alkanes) is 18.